The molecule has 0 bridgehead atoms. The molecule has 1 aromatic heterocycles. The lowest BCUT2D eigenvalue weighted by Crippen LogP contribution is -2.39. The Morgan fingerprint density at radius 3 is 2.58 bits per heavy atom. The van der Waals surface area contributed by atoms with Crippen LogP contribution in [0.2, 0.25) is 0 Å². The van der Waals surface area contributed by atoms with Crippen molar-refractivity contribution in [2.45, 2.75) is 39.2 Å². The fourth-order valence-corrected chi connectivity index (χ4v) is 5.10. The van der Waals surface area contributed by atoms with E-state index in [4.69, 9.17) is 0 Å². The van der Waals surface area contributed by atoms with Gasteiger partial charge in [0.2, 0.25) is 0 Å². The molecule has 0 radical (unpaired) electrons. The van der Waals surface area contributed by atoms with Gasteiger partial charge in [0.05, 0.1) is 22.7 Å². The Balaban J connectivity index is 2.44. The topological polar surface area (TPSA) is 71.9 Å². The van der Waals surface area contributed by atoms with Crippen molar-refractivity contribution >= 4 is 25.8 Å². The highest BCUT2D eigenvalue weighted by atomic mass is 79.9. The number of halogens is 1. The number of aromatic nitrogens is 2. The Bertz CT molecular complexity index is 644. The third kappa shape index (κ3) is 2.81. The predicted octanol–water partition coefficient (Wildman–Crippen LogP) is 1.67. The summed E-state index contributed by atoms with van der Waals surface area (Å²) >= 11 is 3.32. The molecule has 1 unspecified atom stereocenters. The van der Waals surface area contributed by atoms with E-state index in [2.05, 4.69) is 34.9 Å². The summed E-state index contributed by atoms with van der Waals surface area (Å²) in [6, 6.07) is 0. The minimum Gasteiger partial charge on any atom is -0.298 e. The van der Waals surface area contributed by atoms with Gasteiger partial charge in [0, 0.05) is 0 Å². The molecule has 0 saturated carbocycles. The van der Waals surface area contributed by atoms with E-state index in [-0.39, 0.29) is 17.1 Å². The van der Waals surface area contributed by atoms with E-state index in [0.29, 0.717) is 16.8 Å². The van der Waals surface area contributed by atoms with Crippen LogP contribution in [0.25, 0.3) is 0 Å². The largest absolute Gasteiger partial charge is 0.298 e. The molecule has 1 aromatic rings. The minimum atomic E-state index is -3.04. The summed E-state index contributed by atoms with van der Waals surface area (Å²) in [5.74, 6) is 0.586. The molecular weight excluding hydrogens is 332 g/mol. The number of aromatic amines is 1. The van der Waals surface area contributed by atoms with Crippen LogP contribution in [-0.4, -0.2) is 29.7 Å². The number of rotatable bonds is 3. The highest BCUT2D eigenvalue weighted by Crippen LogP contribution is 2.30. The molecule has 108 valence electrons. The molecule has 7 heteroatoms. The quantitative estimate of drug-likeness (QED) is 0.901. The third-order valence-corrected chi connectivity index (χ3v) is 6.24. The van der Waals surface area contributed by atoms with Crippen LogP contribution in [0, 0.1) is 5.92 Å². The molecule has 0 amide bonds. The first kappa shape index (κ1) is 14.8. The number of sulfone groups is 1. The van der Waals surface area contributed by atoms with Crippen LogP contribution in [0.15, 0.2) is 9.27 Å². The first-order chi connectivity index (χ1) is 8.65. The average Bonchev–Trinajstić information content (AvgIpc) is 2.70. The molecule has 1 aliphatic rings. The van der Waals surface area contributed by atoms with Gasteiger partial charge in [-0.25, -0.2) is 13.1 Å². The Morgan fingerprint density at radius 1 is 1.47 bits per heavy atom. The van der Waals surface area contributed by atoms with Gasteiger partial charge in [-0.3, -0.25) is 9.89 Å². The fraction of sp³-hybridized carbons (Fsp3) is 0.750. The van der Waals surface area contributed by atoms with E-state index >= 15 is 0 Å². The van der Waals surface area contributed by atoms with Crippen molar-refractivity contribution in [2.24, 2.45) is 5.92 Å². The SMILES string of the molecule is CC(C)Cc1[nH]n(C2(C)CCS(=O)(=O)C2)c(=O)c1Br. The standard InChI is InChI=1S/C12H19BrN2O3S/c1-8(2)6-9-10(13)11(16)15(14-9)12(3)4-5-19(17,18)7-12/h8,14H,4-7H2,1-3H3. The summed E-state index contributed by atoms with van der Waals surface area (Å²) in [5.41, 5.74) is 0.00832. The van der Waals surface area contributed by atoms with Crippen LogP contribution >= 0.6 is 15.9 Å². The van der Waals surface area contributed by atoms with Gasteiger partial charge in [0.25, 0.3) is 5.56 Å². The zero-order valence-corrected chi connectivity index (χ0v) is 13.8. The van der Waals surface area contributed by atoms with E-state index in [1.165, 1.54) is 4.68 Å². The maximum Gasteiger partial charge on any atom is 0.281 e. The lowest BCUT2D eigenvalue weighted by molar-refractivity contribution is 0.317. The summed E-state index contributed by atoms with van der Waals surface area (Å²) in [7, 11) is -3.04. The predicted molar refractivity (Wildman–Crippen MR) is 78.2 cm³/mol. The van der Waals surface area contributed by atoms with Gasteiger partial charge in [0.1, 0.15) is 4.47 Å². The van der Waals surface area contributed by atoms with Crippen LogP contribution in [0.5, 0.6) is 0 Å². The van der Waals surface area contributed by atoms with Crippen molar-refractivity contribution in [3.05, 3.63) is 20.5 Å². The van der Waals surface area contributed by atoms with Gasteiger partial charge in [-0.15, -0.1) is 0 Å². The summed E-state index contributed by atoms with van der Waals surface area (Å²) < 4.78 is 25.3. The third-order valence-electron chi connectivity index (χ3n) is 3.54. The number of nitrogens with zero attached hydrogens (tertiary/aromatic N) is 1. The van der Waals surface area contributed by atoms with E-state index in [0.717, 1.165) is 12.1 Å². The molecule has 1 saturated heterocycles. The van der Waals surface area contributed by atoms with Gasteiger partial charge in [-0.05, 0) is 41.6 Å². The maximum atomic E-state index is 12.3. The van der Waals surface area contributed by atoms with Crippen molar-refractivity contribution in [3.63, 3.8) is 0 Å². The first-order valence-electron chi connectivity index (χ1n) is 6.35. The van der Waals surface area contributed by atoms with Crippen molar-refractivity contribution in [2.75, 3.05) is 11.5 Å². The van der Waals surface area contributed by atoms with Gasteiger partial charge < -0.3 is 0 Å². The molecule has 0 aliphatic carbocycles. The van der Waals surface area contributed by atoms with Crippen molar-refractivity contribution in [1.29, 1.82) is 0 Å². The molecular formula is C12H19BrN2O3S. The van der Waals surface area contributed by atoms with Gasteiger partial charge in [0.15, 0.2) is 9.84 Å². The molecule has 0 aromatic carbocycles. The van der Waals surface area contributed by atoms with Crippen LogP contribution in [0.4, 0.5) is 0 Å². The molecule has 1 aliphatic heterocycles. The molecule has 5 nitrogen and oxygen atoms in total. The highest BCUT2D eigenvalue weighted by molar-refractivity contribution is 9.10. The molecule has 1 fully saturated rings. The Morgan fingerprint density at radius 2 is 2.11 bits per heavy atom. The van der Waals surface area contributed by atoms with Gasteiger partial charge in [-0.2, -0.15) is 0 Å². The lowest BCUT2D eigenvalue weighted by atomic mass is 10.0. The Kier molecular flexibility index (Phi) is 3.72. The second-order valence-corrected chi connectivity index (χ2v) is 8.96. The molecule has 2 heterocycles. The zero-order chi connectivity index (χ0) is 14.4. The lowest BCUT2D eigenvalue weighted by Gasteiger charge is -2.22. The fourth-order valence-electron chi connectivity index (χ4n) is 2.56. The number of nitrogens with one attached hydrogen (secondary N) is 1. The van der Waals surface area contributed by atoms with Crippen LogP contribution in [-0.2, 0) is 21.8 Å². The average molecular weight is 351 g/mol. The van der Waals surface area contributed by atoms with Gasteiger partial charge >= 0.3 is 0 Å². The van der Waals surface area contributed by atoms with E-state index in [9.17, 15) is 13.2 Å². The molecule has 1 N–H and O–H groups in total. The van der Waals surface area contributed by atoms with Crippen LogP contribution in [0.1, 0.15) is 32.9 Å². The molecule has 0 spiro atoms. The van der Waals surface area contributed by atoms with Crippen molar-refractivity contribution in [1.82, 2.24) is 9.78 Å². The highest BCUT2D eigenvalue weighted by Gasteiger charge is 2.41. The summed E-state index contributed by atoms with van der Waals surface area (Å²) in [6.07, 6.45) is 1.23. The van der Waals surface area contributed by atoms with Crippen LogP contribution < -0.4 is 5.56 Å². The van der Waals surface area contributed by atoms with E-state index in [1.54, 1.807) is 0 Å². The van der Waals surface area contributed by atoms with Crippen LogP contribution in [0.3, 0.4) is 0 Å². The molecule has 1 atom stereocenters. The Hall–Kier alpha value is -0.560. The Labute approximate surface area is 121 Å². The first-order valence-corrected chi connectivity index (χ1v) is 8.96. The maximum absolute atomic E-state index is 12.3. The van der Waals surface area contributed by atoms with E-state index < -0.39 is 15.4 Å². The molecule has 19 heavy (non-hydrogen) atoms. The van der Waals surface area contributed by atoms with Crippen molar-refractivity contribution < 1.29 is 8.42 Å². The minimum absolute atomic E-state index is 0.0218. The number of hydrogen-bond acceptors (Lipinski definition) is 3. The second-order valence-electron chi connectivity index (χ2n) is 5.98. The number of hydrogen-bond donors (Lipinski definition) is 1. The van der Waals surface area contributed by atoms with E-state index in [1.807, 2.05) is 6.92 Å². The second kappa shape index (κ2) is 4.77. The zero-order valence-electron chi connectivity index (χ0n) is 11.4. The molecule has 2 rings (SSSR count). The smallest absolute Gasteiger partial charge is 0.281 e. The van der Waals surface area contributed by atoms with Crippen molar-refractivity contribution in [3.8, 4) is 0 Å². The summed E-state index contributed by atoms with van der Waals surface area (Å²) in [4.78, 5) is 12.3. The normalized spacial score (nSPS) is 26.2. The summed E-state index contributed by atoms with van der Waals surface area (Å²) in [6.45, 7) is 5.97. The van der Waals surface area contributed by atoms with Gasteiger partial charge in [-0.1, -0.05) is 13.8 Å². The summed E-state index contributed by atoms with van der Waals surface area (Å²) in [5, 5.41) is 3.09. The monoisotopic (exact) mass is 350 g/mol. The number of H-pyrrole nitrogens is 1.